The number of aromatic amines is 1. The maximum absolute atomic E-state index is 5.55. The molecule has 0 aliphatic carbocycles. The number of fused-ring (bicyclic) bond motifs is 1. The molecule has 1 fully saturated rings. The molecule has 0 unspecified atom stereocenters. The van der Waals surface area contributed by atoms with Crippen LogP contribution in [0.3, 0.4) is 0 Å². The van der Waals surface area contributed by atoms with Crippen molar-refractivity contribution in [2.45, 2.75) is 20.4 Å². The molecule has 1 aromatic carbocycles. The van der Waals surface area contributed by atoms with E-state index in [-0.39, 0.29) is 0 Å². The lowest BCUT2D eigenvalue weighted by Gasteiger charge is -2.34. The van der Waals surface area contributed by atoms with Gasteiger partial charge in [-0.05, 0) is 26.0 Å². The van der Waals surface area contributed by atoms with Crippen molar-refractivity contribution in [2.24, 2.45) is 0 Å². The topological polar surface area (TPSA) is 70.2 Å². The molecule has 1 aliphatic rings. The maximum atomic E-state index is 5.55. The number of rotatable bonds is 5. The van der Waals surface area contributed by atoms with Crippen LogP contribution in [0.5, 0.6) is 5.88 Å². The van der Waals surface area contributed by atoms with Crippen LogP contribution in [0.1, 0.15) is 18.4 Å². The van der Waals surface area contributed by atoms with Crippen LogP contribution < -0.4 is 9.64 Å². The van der Waals surface area contributed by atoms with Crippen molar-refractivity contribution in [3.63, 3.8) is 0 Å². The number of nitrogens with one attached hydrogen (secondary N) is 1. The summed E-state index contributed by atoms with van der Waals surface area (Å²) < 4.78 is 5.55. The predicted molar refractivity (Wildman–Crippen MR) is 102 cm³/mol. The molecular formula is C19H24N6O. The van der Waals surface area contributed by atoms with Crippen molar-refractivity contribution in [2.75, 3.05) is 37.7 Å². The van der Waals surface area contributed by atoms with Crippen molar-refractivity contribution in [1.29, 1.82) is 0 Å². The van der Waals surface area contributed by atoms with E-state index in [1.165, 1.54) is 0 Å². The molecule has 1 saturated heterocycles. The highest BCUT2D eigenvalue weighted by Crippen LogP contribution is 2.18. The summed E-state index contributed by atoms with van der Waals surface area (Å²) in [4.78, 5) is 21.8. The van der Waals surface area contributed by atoms with Gasteiger partial charge in [0.15, 0.2) is 0 Å². The van der Waals surface area contributed by atoms with Gasteiger partial charge >= 0.3 is 0 Å². The van der Waals surface area contributed by atoms with E-state index in [1.807, 2.05) is 38.1 Å². The van der Waals surface area contributed by atoms with Gasteiger partial charge in [0.1, 0.15) is 5.82 Å². The summed E-state index contributed by atoms with van der Waals surface area (Å²) in [5.41, 5.74) is 3.05. The molecule has 136 valence electrons. The second-order valence-corrected chi connectivity index (χ2v) is 6.54. The third-order valence-corrected chi connectivity index (χ3v) is 4.58. The Bertz CT molecular complexity index is 852. The van der Waals surface area contributed by atoms with Gasteiger partial charge < -0.3 is 14.6 Å². The van der Waals surface area contributed by atoms with E-state index in [9.17, 15) is 0 Å². The Morgan fingerprint density at radius 1 is 1.08 bits per heavy atom. The quantitative estimate of drug-likeness (QED) is 0.760. The summed E-state index contributed by atoms with van der Waals surface area (Å²) in [6, 6.07) is 10.0. The molecule has 7 nitrogen and oxygen atoms in total. The Hall–Kier alpha value is -2.67. The first-order chi connectivity index (χ1) is 12.7. The molecule has 26 heavy (non-hydrogen) atoms. The van der Waals surface area contributed by atoms with Gasteiger partial charge in [0.2, 0.25) is 11.8 Å². The summed E-state index contributed by atoms with van der Waals surface area (Å²) in [5.74, 6) is 2.43. The SMILES string of the molecule is CCOc1cc(C)nc(N2CCN(Cc3nc4ccccc4[nH]3)CC2)n1. The molecule has 2 aromatic heterocycles. The Balaban J connectivity index is 1.39. The van der Waals surface area contributed by atoms with Crippen molar-refractivity contribution in [1.82, 2.24) is 24.8 Å². The van der Waals surface area contributed by atoms with Gasteiger partial charge in [-0.1, -0.05) is 12.1 Å². The molecular weight excluding hydrogens is 328 g/mol. The minimum absolute atomic E-state index is 0.612. The molecule has 0 atom stereocenters. The molecule has 0 saturated carbocycles. The first kappa shape index (κ1) is 16.8. The molecule has 3 heterocycles. The fraction of sp³-hybridized carbons (Fsp3) is 0.421. The van der Waals surface area contributed by atoms with Crippen molar-refractivity contribution in [3.05, 3.63) is 41.9 Å². The van der Waals surface area contributed by atoms with Crippen molar-refractivity contribution in [3.8, 4) is 5.88 Å². The number of piperazine rings is 1. The molecule has 1 aliphatic heterocycles. The van der Waals surface area contributed by atoms with Crippen LogP contribution in [0.25, 0.3) is 11.0 Å². The fourth-order valence-corrected chi connectivity index (χ4v) is 3.29. The average molecular weight is 352 g/mol. The Morgan fingerprint density at radius 3 is 2.65 bits per heavy atom. The smallest absolute Gasteiger partial charge is 0.228 e. The zero-order chi connectivity index (χ0) is 17.9. The monoisotopic (exact) mass is 352 g/mol. The highest BCUT2D eigenvalue weighted by molar-refractivity contribution is 5.74. The Labute approximate surface area is 153 Å². The van der Waals surface area contributed by atoms with Gasteiger partial charge in [0.05, 0.1) is 24.2 Å². The lowest BCUT2D eigenvalue weighted by atomic mass is 10.3. The van der Waals surface area contributed by atoms with Crippen LogP contribution in [-0.2, 0) is 6.54 Å². The summed E-state index contributed by atoms with van der Waals surface area (Å²) in [7, 11) is 0. The van der Waals surface area contributed by atoms with Crippen molar-refractivity contribution < 1.29 is 4.74 Å². The second kappa shape index (κ2) is 7.29. The predicted octanol–water partition coefficient (Wildman–Crippen LogP) is 2.38. The molecule has 0 spiro atoms. The lowest BCUT2D eigenvalue weighted by molar-refractivity contribution is 0.243. The van der Waals surface area contributed by atoms with E-state index in [4.69, 9.17) is 4.74 Å². The summed E-state index contributed by atoms with van der Waals surface area (Å²) in [5, 5.41) is 0. The van der Waals surface area contributed by atoms with Crippen LogP contribution in [0.2, 0.25) is 0 Å². The number of aryl methyl sites for hydroxylation is 1. The Morgan fingerprint density at radius 2 is 1.88 bits per heavy atom. The number of H-pyrrole nitrogens is 1. The Kier molecular flexibility index (Phi) is 4.71. The zero-order valence-electron chi connectivity index (χ0n) is 15.3. The molecule has 4 rings (SSSR count). The number of hydrogen-bond acceptors (Lipinski definition) is 6. The average Bonchev–Trinajstić information content (AvgIpc) is 3.04. The van der Waals surface area contributed by atoms with Crippen LogP contribution >= 0.6 is 0 Å². The first-order valence-corrected chi connectivity index (χ1v) is 9.10. The molecule has 3 aromatic rings. The first-order valence-electron chi connectivity index (χ1n) is 9.10. The van der Waals surface area contributed by atoms with Gasteiger partial charge in [-0.3, -0.25) is 4.90 Å². The summed E-state index contributed by atoms with van der Waals surface area (Å²) in [6.45, 7) is 9.10. The molecule has 1 N–H and O–H groups in total. The number of ether oxygens (including phenoxy) is 1. The van der Waals surface area contributed by atoms with Crippen LogP contribution in [-0.4, -0.2) is 57.6 Å². The molecule has 0 amide bonds. The number of imidazole rings is 1. The number of aromatic nitrogens is 4. The van der Waals surface area contributed by atoms with Gasteiger partial charge in [-0.15, -0.1) is 0 Å². The number of nitrogens with zero attached hydrogens (tertiary/aromatic N) is 5. The van der Waals surface area contributed by atoms with Crippen LogP contribution in [0.15, 0.2) is 30.3 Å². The highest BCUT2D eigenvalue weighted by Gasteiger charge is 2.20. The van der Waals surface area contributed by atoms with Gasteiger partial charge in [-0.2, -0.15) is 4.98 Å². The van der Waals surface area contributed by atoms with Crippen molar-refractivity contribution >= 4 is 17.0 Å². The normalized spacial score (nSPS) is 15.5. The standard InChI is InChI=1S/C19H24N6O/c1-3-26-18-12-14(2)20-19(23-18)25-10-8-24(9-11-25)13-17-21-15-6-4-5-7-16(15)22-17/h4-7,12H,3,8-11,13H2,1-2H3,(H,21,22). The van der Waals surface area contributed by atoms with E-state index in [1.54, 1.807) is 0 Å². The molecule has 0 bridgehead atoms. The zero-order valence-corrected chi connectivity index (χ0v) is 15.3. The summed E-state index contributed by atoms with van der Waals surface area (Å²) in [6.07, 6.45) is 0. The number of para-hydroxylation sites is 2. The fourth-order valence-electron chi connectivity index (χ4n) is 3.29. The van der Waals surface area contributed by atoms with Crippen LogP contribution in [0.4, 0.5) is 5.95 Å². The molecule has 0 radical (unpaired) electrons. The van der Waals surface area contributed by atoms with Crippen LogP contribution in [0, 0.1) is 6.92 Å². The third kappa shape index (κ3) is 3.62. The maximum Gasteiger partial charge on any atom is 0.228 e. The minimum Gasteiger partial charge on any atom is -0.478 e. The second-order valence-electron chi connectivity index (χ2n) is 6.54. The minimum atomic E-state index is 0.612. The van der Waals surface area contributed by atoms with Gasteiger partial charge in [0.25, 0.3) is 0 Å². The number of hydrogen-bond donors (Lipinski definition) is 1. The van der Waals surface area contributed by atoms with E-state index >= 15 is 0 Å². The van der Waals surface area contributed by atoms with Gasteiger partial charge in [-0.25, -0.2) is 9.97 Å². The van der Waals surface area contributed by atoms with E-state index in [0.29, 0.717) is 12.5 Å². The third-order valence-electron chi connectivity index (χ3n) is 4.58. The molecule has 7 heteroatoms. The number of anilines is 1. The van der Waals surface area contributed by atoms with Gasteiger partial charge in [0, 0.05) is 37.9 Å². The highest BCUT2D eigenvalue weighted by atomic mass is 16.5. The van der Waals surface area contributed by atoms with E-state index in [0.717, 1.165) is 61.2 Å². The van der Waals surface area contributed by atoms with E-state index < -0.39 is 0 Å². The number of benzene rings is 1. The lowest BCUT2D eigenvalue weighted by Crippen LogP contribution is -2.46. The summed E-state index contributed by atoms with van der Waals surface area (Å²) >= 11 is 0. The van der Waals surface area contributed by atoms with E-state index in [2.05, 4.69) is 35.8 Å². The largest absolute Gasteiger partial charge is 0.478 e.